The Balaban J connectivity index is 1.24. The number of piperazine rings is 1. The predicted octanol–water partition coefficient (Wildman–Crippen LogP) is 5.20. The lowest BCUT2D eigenvalue weighted by Crippen LogP contribution is -2.51. The second kappa shape index (κ2) is 10.6. The molecule has 1 aromatic heterocycles. The molecule has 2 aromatic carbocycles. The summed E-state index contributed by atoms with van der Waals surface area (Å²) in [7, 11) is 0. The molecule has 0 saturated carbocycles. The number of hydrogen-bond acceptors (Lipinski definition) is 5. The number of halogens is 4. The van der Waals surface area contributed by atoms with Gasteiger partial charge in [0.25, 0.3) is 5.91 Å². The van der Waals surface area contributed by atoms with Gasteiger partial charge in [-0.3, -0.25) is 9.78 Å². The van der Waals surface area contributed by atoms with Crippen LogP contribution in [0, 0.1) is 0 Å². The molecule has 6 nitrogen and oxygen atoms in total. The van der Waals surface area contributed by atoms with Crippen molar-refractivity contribution >= 4 is 23.2 Å². The number of hydrogen-bond donors (Lipinski definition) is 1. The first-order valence-electron chi connectivity index (χ1n) is 12.1. The van der Waals surface area contributed by atoms with E-state index in [-0.39, 0.29) is 18.2 Å². The number of carbonyl (C=O) groups excluding carboxylic acids is 1. The average Bonchev–Trinajstić information content (AvgIpc) is 3.19. The SMILES string of the molecule is O=C1c2c(Cl)cc(N3CCNC(CCc4ccncc4)C3)cc2CN1Cc1ccc(OC(F)(F)F)cc1. The molecule has 1 fully saturated rings. The van der Waals surface area contributed by atoms with Crippen molar-refractivity contribution in [2.75, 3.05) is 24.5 Å². The predicted molar refractivity (Wildman–Crippen MR) is 135 cm³/mol. The third-order valence-corrected chi connectivity index (χ3v) is 7.00. The van der Waals surface area contributed by atoms with E-state index in [1.54, 1.807) is 4.90 Å². The number of benzene rings is 2. The van der Waals surface area contributed by atoms with Crippen molar-refractivity contribution in [2.45, 2.75) is 38.3 Å². The Morgan fingerprint density at radius 1 is 1.08 bits per heavy atom. The fourth-order valence-electron chi connectivity index (χ4n) is 4.92. The molecule has 0 aliphatic carbocycles. The zero-order valence-corrected chi connectivity index (χ0v) is 20.7. The van der Waals surface area contributed by atoms with E-state index in [0.717, 1.165) is 43.7 Å². The molecule has 2 aliphatic heterocycles. The number of ether oxygens (including phenoxy) is 1. The van der Waals surface area contributed by atoms with Crippen LogP contribution >= 0.6 is 11.6 Å². The van der Waals surface area contributed by atoms with E-state index in [2.05, 4.69) is 19.9 Å². The topological polar surface area (TPSA) is 57.7 Å². The maximum Gasteiger partial charge on any atom is 0.573 e. The van der Waals surface area contributed by atoms with Crippen molar-refractivity contribution in [3.05, 3.63) is 88.2 Å². The lowest BCUT2D eigenvalue weighted by molar-refractivity contribution is -0.274. The van der Waals surface area contributed by atoms with E-state index in [4.69, 9.17) is 11.6 Å². The zero-order valence-electron chi connectivity index (χ0n) is 20.0. The summed E-state index contributed by atoms with van der Waals surface area (Å²) in [5.74, 6) is -0.479. The Bertz CT molecular complexity index is 1260. The molecule has 37 heavy (non-hydrogen) atoms. The average molecular weight is 531 g/mol. The number of aromatic nitrogens is 1. The third-order valence-electron chi connectivity index (χ3n) is 6.70. The van der Waals surface area contributed by atoms with Gasteiger partial charge in [0.2, 0.25) is 0 Å². The summed E-state index contributed by atoms with van der Waals surface area (Å²) in [6.45, 7) is 3.18. The number of rotatable bonds is 7. The van der Waals surface area contributed by atoms with Gasteiger partial charge in [-0.05, 0) is 65.9 Å². The van der Waals surface area contributed by atoms with Gasteiger partial charge in [-0.1, -0.05) is 23.7 Å². The van der Waals surface area contributed by atoms with Gasteiger partial charge in [-0.15, -0.1) is 13.2 Å². The van der Waals surface area contributed by atoms with Crippen LogP contribution in [0.4, 0.5) is 18.9 Å². The van der Waals surface area contributed by atoms with Crippen LogP contribution in [0.5, 0.6) is 5.75 Å². The Hall–Kier alpha value is -3.30. The normalized spacial score (nSPS) is 17.7. The van der Waals surface area contributed by atoms with Crippen molar-refractivity contribution in [2.24, 2.45) is 0 Å². The van der Waals surface area contributed by atoms with Crippen LogP contribution in [0.1, 0.15) is 33.5 Å². The van der Waals surface area contributed by atoms with Gasteiger partial charge in [0.15, 0.2) is 0 Å². The number of fused-ring (bicyclic) bond motifs is 1. The van der Waals surface area contributed by atoms with Crippen molar-refractivity contribution in [1.29, 1.82) is 0 Å². The van der Waals surface area contributed by atoms with E-state index < -0.39 is 6.36 Å². The highest BCUT2D eigenvalue weighted by atomic mass is 35.5. The maximum atomic E-state index is 13.1. The first kappa shape index (κ1) is 25.4. The number of carbonyl (C=O) groups is 1. The number of aryl methyl sites for hydroxylation is 1. The molecule has 194 valence electrons. The number of nitrogens with one attached hydrogen (secondary N) is 1. The largest absolute Gasteiger partial charge is 0.573 e. The van der Waals surface area contributed by atoms with Crippen LogP contribution in [0.3, 0.4) is 0 Å². The highest BCUT2D eigenvalue weighted by Crippen LogP contribution is 2.35. The summed E-state index contributed by atoms with van der Waals surface area (Å²) in [5, 5.41) is 4.01. The molecule has 1 atom stereocenters. The van der Waals surface area contributed by atoms with Gasteiger partial charge in [0.05, 0.1) is 10.6 Å². The van der Waals surface area contributed by atoms with E-state index >= 15 is 0 Å². The van der Waals surface area contributed by atoms with Gasteiger partial charge in [0, 0.05) is 56.8 Å². The van der Waals surface area contributed by atoms with Gasteiger partial charge >= 0.3 is 6.36 Å². The lowest BCUT2D eigenvalue weighted by atomic mass is 10.0. The summed E-state index contributed by atoms with van der Waals surface area (Å²) in [6.07, 6.45) is 0.839. The molecule has 0 radical (unpaired) electrons. The molecule has 2 aliphatic rings. The smallest absolute Gasteiger partial charge is 0.406 e. The molecule has 0 spiro atoms. The van der Waals surface area contributed by atoms with E-state index in [9.17, 15) is 18.0 Å². The van der Waals surface area contributed by atoms with Crippen LogP contribution in [-0.4, -0.2) is 47.8 Å². The Morgan fingerprint density at radius 2 is 1.84 bits per heavy atom. The summed E-state index contributed by atoms with van der Waals surface area (Å²) >= 11 is 6.60. The fourth-order valence-corrected chi connectivity index (χ4v) is 5.23. The van der Waals surface area contributed by atoms with Crippen LogP contribution in [-0.2, 0) is 19.5 Å². The fraction of sp³-hybridized carbons (Fsp3) is 0.333. The van der Waals surface area contributed by atoms with Gasteiger partial charge in [0.1, 0.15) is 5.75 Å². The number of alkyl halides is 3. The molecule has 1 unspecified atom stereocenters. The zero-order chi connectivity index (χ0) is 26.0. The highest BCUT2D eigenvalue weighted by molar-refractivity contribution is 6.34. The summed E-state index contributed by atoms with van der Waals surface area (Å²) in [6, 6.07) is 13.8. The van der Waals surface area contributed by atoms with Gasteiger partial charge < -0.3 is 19.9 Å². The summed E-state index contributed by atoms with van der Waals surface area (Å²) < 4.78 is 41.2. The molecule has 10 heteroatoms. The quantitative estimate of drug-likeness (QED) is 0.455. The number of nitrogens with zero attached hydrogens (tertiary/aromatic N) is 3. The van der Waals surface area contributed by atoms with E-state index in [0.29, 0.717) is 28.7 Å². The third kappa shape index (κ3) is 6.17. The molecule has 3 aromatic rings. The summed E-state index contributed by atoms with van der Waals surface area (Å²) in [5.41, 5.74) is 4.30. The van der Waals surface area contributed by atoms with Gasteiger partial charge in [-0.25, -0.2) is 0 Å². The molecular weight excluding hydrogens is 505 g/mol. The van der Waals surface area contributed by atoms with Crippen molar-refractivity contribution in [3.63, 3.8) is 0 Å². The van der Waals surface area contributed by atoms with Crippen LogP contribution in [0.25, 0.3) is 0 Å². The number of anilines is 1. The Morgan fingerprint density at radius 3 is 2.57 bits per heavy atom. The van der Waals surface area contributed by atoms with E-state index in [1.165, 1.54) is 29.8 Å². The monoisotopic (exact) mass is 530 g/mol. The van der Waals surface area contributed by atoms with Crippen LogP contribution < -0.4 is 15.0 Å². The van der Waals surface area contributed by atoms with Gasteiger partial charge in [-0.2, -0.15) is 0 Å². The number of pyridine rings is 1. The van der Waals surface area contributed by atoms with Crippen molar-refractivity contribution in [3.8, 4) is 5.75 Å². The Kier molecular flexibility index (Phi) is 7.26. The molecule has 3 heterocycles. The molecular formula is C27H26ClF3N4O2. The first-order valence-corrected chi connectivity index (χ1v) is 12.5. The minimum atomic E-state index is -4.74. The van der Waals surface area contributed by atoms with Crippen molar-refractivity contribution < 1.29 is 22.7 Å². The minimum Gasteiger partial charge on any atom is -0.406 e. The van der Waals surface area contributed by atoms with Crippen LogP contribution in [0.15, 0.2) is 60.9 Å². The molecule has 5 rings (SSSR count). The Labute approximate surface area is 218 Å². The molecule has 1 amide bonds. The first-order chi connectivity index (χ1) is 17.7. The molecule has 0 bridgehead atoms. The summed E-state index contributed by atoms with van der Waals surface area (Å²) in [4.78, 5) is 21.1. The highest BCUT2D eigenvalue weighted by Gasteiger charge is 2.33. The second-order valence-electron chi connectivity index (χ2n) is 9.31. The van der Waals surface area contributed by atoms with Crippen LogP contribution in [0.2, 0.25) is 5.02 Å². The lowest BCUT2D eigenvalue weighted by Gasteiger charge is -2.35. The molecule has 1 saturated heterocycles. The van der Waals surface area contributed by atoms with Crippen molar-refractivity contribution in [1.82, 2.24) is 15.2 Å². The number of amides is 1. The second-order valence-corrected chi connectivity index (χ2v) is 9.71. The minimum absolute atomic E-state index is 0.183. The standard InChI is InChI=1S/C27H26ClF3N4O2/c28-24-14-22(34-12-11-33-21(17-34)4-1-18-7-9-32-10-8-18)13-20-16-35(26(36)25(20)24)15-19-2-5-23(6-3-19)37-27(29,30)31/h2-3,5-10,13-14,21,33H,1,4,11-12,15-17H2. The van der Waals surface area contributed by atoms with E-state index in [1.807, 2.05) is 36.7 Å². The molecule has 1 N–H and O–H groups in total. The maximum absolute atomic E-state index is 13.1.